The summed E-state index contributed by atoms with van der Waals surface area (Å²) in [6, 6.07) is 9.44. The first-order valence-corrected chi connectivity index (χ1v) is 12.2. The average Bonchev–Trinajstić information content (AvgIpc) is 3.40. The summed E-state index contributed by atoms with van der Waals surface area (Å²) in [6.07, 6.45) is -0.241. The van der Waals surface area contributed by atoms with Gasteiger partial charge < -0.3 is 14.7 Å². The highest BCUT2D eigenvalue weighted by Gasteiger charge is 2.42. The van der Waals surface area contributed by atoms with E-state index in [0.29, 0.717) is 48.4 Å². The molecule has 0 aliphatic carbocycles. The Hall–Kier alpha value is -3.40. The topological polar surface area (TPSA) is 107 Å². The van der Waals surface area contributed by atoms with Crippen molar-refractivity contribution >= 4 is 39.7 Å². The number of rotatable bonds is 4. The van der Waals surface area contributed by atoms with Crippen molar-refractivity contribution in [3.63, 3.8) is 0 Å². The molecule has 182 valence electrons. The Morgan fingerprint density at radius 2 is 1.77 bits per heavy atom. The van der Waals surface area contributed by atoms with E-state index in [4.69, 9.17) is 4.74 Å². The second kappa shape index (κ2) is 8.99. The standard InChI is InChI=1S/C25H24BrN3O6/c1-14(30)27-10-8-15(12-27)35-21-7-6-19(26)18-9-11-28(25(33)34)20(22(18)21)13-29-23(31)16-4-2-3-5-17(16)24(29)32/h2-7,15,20H,8-13H2,1H3,(H,33,34)/t15-,20+/m0/s1. The van der Waals surface area contributed by atoms with Crippen molar-refractivity contribution in [2.75, 3.05) is 26.2 Å². The number of likely N-dealkylation sites (tertiary alicyclic amines) is 1. The minimum atomic E-state index is -1.13. The quantitative estimate of drug-likeness (QED) is 0.595. The fourth-order valence-corrected chi connectivity index (χ4v) is 5.71. The van der Waals surface area contributed by atoms with Crippen molar-refractivity contribution in [3.8, 4) is 5.75 Å². The number of amides is 4. The van der Waals surface area contributed by atoms with Crippen LogP contribution in [0, 0.1) is 0 Å². The van der Waals surface area contributed by atoms with Gasteiger partial charge in [-0.15, -0.1) is 0 Å². The predicted molar refractivity (Wildman–Crippen MR) is 128 cm³/mol. The number of benzene rings is 2. The maximum absolute atomic E-state index is 13.1. The number of fused-ring (bicyclic) bond motifs is 2. The lowest BCUT2D eigenvalue weighted by atomic mass is 9.91. The Balaban J connectivity index is 1.51. The molecule has 2 aromatic rings. The molecule has 35 heavy (non-hydrogen) atoms. The number of ether oxygens (including phenoxy) is 1. The van der Waals surface area contributed by atoms with Crippen LogP contribution < -0.4 is 4.74 Å². The molecule has 2 atom stereocenters. The van der Waals surface area contributed by atoms with Gasteiger partial charge in [0.15, 0.2) is 0 Å². The van der Waals surface area contributed by atoms with Crippen LogP contribution in [0.15, 0.2) is 40.9 Å². The highest BCUT2D eigenvalue weighted by molar-refractivity contribution is 9.10. The normalized spacial score (nSPS) is 21.3. The Morgan fingerprint density at radius 3 is 2.37 bits per heavy atom. The van der Waals surface area contributed by atoms with E-state index in [-0.39, 0.29) is 25.1 Å². The van der Waals surface area contributed by atoms with Crippen molar-refractivity contribution in [3.05, 3.63) is 63.1 Å². The molecule has 3 aliphatic heterocycles. The Labute approximate surface area is 210 Å². The van der Waals surface area contributed by atoms with E-state index in [2.05, 4.69) is 15.9 Å². The van der Waals surface area contributed by atoms with E-state index < -0.39 is 23.9 Å². The van der Waals surface area contributed by atoms with Crippen LogP contribution in [0.25, 0.3) is 0 Å². The largest absolute Gasteiger partial charge is 0.488 e. The number of hydrogen-bond donors (Lipinski definition) is 1. The van der Waals surface area contributed by atoms with Gasteiger partial charge in [-0.05, 0) is 36.2 Å². The fraction of sp³-hybridized carbons (Fsp3) is 0.360. The van der Waals surface area contributed by atoms with E-state index in [9.17, 15) is 24.3 Å². The SMILES string of the molecule is CC(=O)N1CC[C@H](Oc2ccc(Br)c3c2[C@@H](CN2C(=O)c4ccccc4C2=O)N(C(=O)O)CC3)C1. The zero-order chi connectivity index (χ0) is 24.9. The van der Waals surface area contributed by atoms with Crippen LogP contribution in [-0.2, 0) is 11.2 Å². The number of carbonyl (C=O) groups is 4. The van der Waals surface area contributed by atoms with Gasteiger partial charge in [-0.1, -0.05) is 28.1 Å². The number of hydrogen-bond acceptors (Lipinski definition) is 5. The fourth-order valence-electron chi connectivity index (χ4n) is 5.17. The summed E-state index contributed by atoms with van der Waals surface area (Å²) in [5, 5.41) is 9.99. The van der Waals surface area contributed by atoms with Crippen molar-refractivity contribution in [2.45, 2.75) is 31.9 Å². The summed E-state index contributed by atoms with van der Waals surface area (Å²) >= 11 is 3.58. The first-order chi connectivity index (χ1) is 16.8. The lowest BCUT2D eigenvalue weighted by molar-refractivity contribution is -0.128. The van der Waals surface area contributed by atoms with Gasteiger partial charge in [-0.3, -0.25) is 24.2 Å². The molecule has 5 rings (SSSR count). The highest BCUT2D eigenvalue weighted by atomic mass is 79.9. The van der Waals surface area contributed by atoms with Gasteiger partial charge in [0.1, 0.15) is 11.9 Å². The molecule has 1 fully saturated rings. The third-order valence-electron chi connectivity index (χ3n) is 6.94. The van der Waals surface area contributed by atoms with Gasteiger partial charge in [-0.25, -0.2) is 4.79 Å². The van der Waals surface area contributed by atoms with Crippen LogP contribution in [0.2, 0.25) is 0 Å². The Morgan fingerprint density at radius 1 is 1.09 bits per heavy atom. The molecule has 0 aromatic heterocycles. The minimum Gasteiger partial charge on any atom is -0.488 e. The van der Waals surface area contributed by atoms with Gasteiger partial charge in [0.25, 0.3) is 11.8 Å². The summed E-state index contributed by atoms with van der Waals surface area (Å²) < 4.78 is 7.14. The molecule has 4 amide bonds. The van der Waals surface area contributed by atoms with Crippen LogP contribution in [0.5, 0.6) is 5.75 Å². The highest BCUT2D eigenvalue weighted by Crippen LogP contribution is 2.42. The van der Waals surface area contributed by atoms with Crippen molar-refractivity contribution in [2.24, 2.45) is 0 Å². The molecule has 10 heteroatoms. The molecule has 0 unspecified atom stereocenters. The monoisotopic (exact) mass is 541 g/mol. The van der Waals surface area contributed by atoms with Gasteiger partial charge in [0.2, 0.25) is 5.91 Å². The lowest BCUT2D eigenvalue weighted by Gasteiger charge is -2.38. The summed E-state index contributed by atoms with van der Waals surface area (Å²) in [5.41, 5.74) is 2.17. The molecule has 0 saturated carbocycles. The number of imide groups is 1. The second-order valence-corrected chi connectivity index (χ2v) is 9.79. The van der Waals surface area contributed by atoms with Crippen LogP contribution in [0.1, 0.15) is 51.2 Å². The molecule has 3 heterocycles. The lowest BCUT2D eigenvalue weighted by Crippen LogP contribution is -2.46. The number of carboxylic acid groups (broad SMARTS) is 1. The molecule has 0 radical (unpaired) electrons. The van der Waals surface area contributed by atoms with Crippen LogP contribution in [0.3, 0.4) is 0 Å². The summed E-state index contributed by atoms with van der Waals surface area (Å²) in [7, 11) is 0. The summed E-state index contributed by atoms with van der Waals surface area (Å²) in [6.45, 7) is 2.67. The van der Waals surface area contributed by atoms with E-state index in [0.717, 1.165) is 14.9 Å². The molecule has 3 aliphatic rings. The maximum atomic E-state index is 13.1. The van der Waals surface area contributed by atoms with Crippen molar-refractivity contribution < 1.29 is 29.0 Å². The first kappa shape index (κ1) is 23.3. The molecule has 2 aromatic carbocycles. The number of carbonyl (C=O) groups excluding carboxylic acids is 3. The van der Waals surface area contributed by atoms with E-state index in [1.165, 1.54) is 11.8 Å². The van der Waals surface area contributed by atoms with Gasteiger partial charge in [0.05, 0.1) is 30.3 Å². The van der Waals surface area contributed by atoms with Crippen LogP contribution in [-0.4, -0.2) is 75.9 Å². The maximum Gasteiger partial charge on any atom is 0.407 e. The molecular weight excluding hydrogens is 518 g/mol. The Bertz CT molecular complexity index is 1210. The molecular formula is C25H24BrN3O6. The van der Waals surface area contributed by atoms with Crippen LogP contribution >= 0.6 is 15.9 Å². The molecule has 1 N–H and O–H groups in total. The first-order valence-electron chi connectivity index (χ1n) is 11.4. The average molecular weight is 542 g/mol. The van der Waals surface area contributed by atoms with E-state index in [1.54, 1.807) is 35.2 Å². The van der Waals surface area contributed by atoms with E-state index in [1.807, 2.05) is 6.07 Å². The number of halogens is 1. The minimum absolute atomic E-state index is 0.0190. The molecule has 0 bridgehead atoms. The van der Waals surface area contributed by atoms with Crippen molar-refractivity contribution in [1.82, 2.24) is 14.7 Å². The van der Waals surface area contributed by atoms with Gasteiger partial charge in [-0.2, -0.15) is 0 Å². The Kier molecular flexibility index (Phi) is 6.00. The molecule has 9 nitrogen and oxygen atoms in total. The van der Waals surface area contributed by atoms with E-state index >= 15 is 0 Å². The third-order valence-corrected chi connectivity index (χ3v) is 7.68. The summed E-state index contributed by atoms with van der Waals surface area (Å²) in [5.74, 6) is -0.387. The second-order valence-electron chi connectivity index (χ2n) is 8.94. The zero-order valence-corrected chi connectivity index (χ0v) is 20.7. The summed E-state index contributed by atoms with van der Waals surface area (Å²) in [4.78, 5) is 54.2. The van der Waals surface area contributed by atoms with Gasteiger partial charge >= 0.3 is 6.09 Å². The number of nitrogens with zero attached hydrogens (tertiary/aromatic N) is 3. The molecule has 0 spiro atoms. The van der Waals surface area contributed by atoms with Gasteiger partial charge in [0, 0.05) is 36.5 Å². The zero-order valence-electron chi connectivity index (χ0n) is 19.1. The molecule has 1 saturated heterocycles. The predicted octanol–water partition coefficient (Wildman–Crippen LogP) is 3.32. The van der Waals surface area contributed by atoms with Crippen LogP contribution in [0.4, 0.5) is 4.79 Å². The smallest absolute Gasteiger partial charge is 0.407 e. The van der Waals surface area contributed by atoms with Crippen molar-refractivity contribution in [1.29, 1.82) is 0 Å². The third kappa shape index (κ3) is 4.05.